The van der Waals surface area contributed by atoms with E-state index < -0.39 is 46.1 Å². The number of nitro benzene ring substituents is 1. The number of hydrogen-bond acceptors (Lipinski definition) is 7. The van der Waals surface area contributed by atoms with Gasteiger partial charge in [0.15, 0.2) is 0 Å². The summed E-state index contributed by atoms with van der Waals surface area (Å²) in [6.45, 7) is 1.97. The van der Waals surface area contributed by atoms with E-state index in [9.17, 15) is 29.6 Å². The third-order valence-corrected chi connectivity index (χ3v) is 7.23. The Morgan fingerprint density at radius 3 is 2.29 bits per heavy atom. The van der Waals surface area contributed by atoms with Gasteiger partial charge in [0, 0.05) is 43.4 Å². The number of carboxylic acids is 1. The number of nitro groups is 1. The smallest absolute Gasteiger partial charge is 0.325 e. The van der Waals surface area contributed by atoms with Crippen LogP contribution in [0.1, 0.15) is 30.0 Å². The number of benzene rings is 2. The summed E-state index contributed by atoms with van der Waals surface area (Å²) >= 11 is 0. The van der Waals surface area contributed by atoms with Crippen molar-refractivity contribution in [2.45, 2.75) is 30.8 Å². The second-order valence-electron chi connectivity index (χ2n) is 9.14. The molecular formula is C24H24N4O6. The van der Waals surface area contributed by atoms with Gasteiger partial charge in [-0.05, 0) is 36.1 Å². The summed E-state index contributed by atoms with van der Waals surface area (Å²) < 4.78 is 0. The van der Waals surface area contributed by atoms with Gasteiger partial charge in [-0.15, -0.1) is 0 Å². The average Bonchev–Trinajstić information content (AvgIpc) is 3.53. The maximum atomic E-state index is 12.8. The fraction of sp³-hybridized carbons (Fsp3) is 0.375. The van der Waals surface area contributed by atoms with Crippen LogP contribution in [0.15, 0.2) is 48.5 Å². The summed E-state index contributed by atoms with van der Waals surface area (Å²) in [5, 5.41) is 26.7. The van der Waals surface area contributed by atoms with Crippen molar-refractivity contribution in [1.82, 2.24) is 10.6 Å². The van der Waals surface area contributed by atoms with Gasteiger partial charge in [0.05, 0.1) is 16.8 Å². The van der Waals surface area contributed by atoms with Gasteiger partial charge < -0.3 is 10.0 Å². The Hall–Kier alpha value is -3.79. The Labute approximate surface area is 195 Å². The van der Waals surface area contributed by atoms with Crippen molar-refractivity contribution in [2.24, 2.45) is 11.8 Å². The van der Waals surface area contributed by atoms with Gasteiger partial charge in [0.1, 0.15) is 5.54 Å². The van der Waals surface area contributed by atoms with E-state index in [1.54, 1.807) is 0 Å². The Morgan fingerprint density at radius 2 is 1.71 bits per heavy atom. The lowest BCUT2D eigenvalue weighted by molar-refractivity contribution is -0.384. The van der Waals surface area contributed by atoms with Crippen LogP contribution in [0.3, 0.4) is 0 Å². The van der Waals surface area contributed by atoms with Crippen LogP contribution in [0.25, 0.3) is 0 Å². The summed E-state index contributed by atoms with van der Waals surface area (Å²) in [7, 11) is 0. The first kappa shape index (κ1) is 22.0. The van der Waals surface area contributed by atoms with Crippen LogP contribution < -0.4 is 15.5 Å². The highest BCUT2D eigenvalue weighted by Crippen LogP contribution is 2.47. The van der Waals surface area contributed by atoms with E-state index in [-0.39, 0.29) is 12.1 Å². The minimum absolute atomic E-state index is 0.107. The molecule has 3 saturated heterocycles. The zero-order chi connectivity index (χ0) is 24.0. The summed E-state index contributed by atoms with van der Waals surface area (Å²) in [4.78, 5) is 50.9. The minimum Gasteiger partial charge on any atom is -0.480 e. The van der Waals surface area contributed by atoms with Gasteiger partial charge in [-0.3, -0.25) is 35.1 Å². The fourth-order valence-corrected chi connectivity index (χ4v) is 5.58. The van der Waals surface area contributed by atoms with Crippen LogP contribution in [0.5, 0.6) is 0 Å². The molecular weight excluding hydrogens is 440 g/mol. The molecule has 0 radical (unpaired) electrons. The van der Waals surface area contributed by atoms with Crippen LogP contribution in [0.2, 0.25) is 0 Å². The SMILES string of the molecule is O=C1NC(=O)C2C1C(c1ccc(N3CCCC3)cc1)NC2(Cc1ccc([N+](=O)[O-])cc1)C(=O)O. The Morgan fingerprint density at radius 1 is 1.06 bits per heavy atom. The van der Waals surface area contributed by atoms with E-state index in [0.717, 1.165) is 37.2 Å². The second-order valence-corrected chi connectivity index (χ2v) is 9.14. The molecule has 2 aromatic carbocycles. The number of nitrogens with one attached hydrogen (secondary N) is 2. The van der Waals surface area contributed by atoms with Crippen LogP contribution in [0, 0.1) is 22.0 Å². The molecule has 0 aliphatic carbocycles. The predicted octanol–water partition coefficient (Wildman–Crippen LogP) is 1.79. The number of rotatable bonds is 6. The van der Waals surface area contributed by atoms with Gasteiger partial charge in [-0.25, -0.2) is 0 Å². The van der Waals surface area contributed by atoms with Gasteiger partial charge in [-0.1, -0.05) is 24.3 Å². The molecule has 34 heavy (non-hydrogen) atoms. The quantitative estimate of drug-likeness (QED) is 0.334. The lowest BCUT2D eigenvalue weighted by Gasteiger charge is -2.30. The summed E-state index contributed by atoms with van der Waals surface area (Å²) in [6.07, 6.45) is 2.17. The number of non-ortho nitro benzene ring substituents is 1. The highest BCUT2D eigenvalue weighted by Gasteiger charge is 2.66. The molecule has 3 fully saturated rings. The van der Waals surface area contributed by atoms with Gasteiger partial charge in [0.2, 0.25) is 11.8 Å². The zero-order valence-electron chi connectivity index (χ0n) is 18.3. The molecule has 2 aromatic rings. The van der Waals surface area contributed by atoms with Gasteiger partial charge in [-0.2, -0.15) is 0 Å². The number of fused-ring (bicyclic) bond motifs is 1. The lowest BCUT2D eigenvalue weighted by atomic mass is 9.76. The number of carbonyl (C=O) groups excluding carboxylic acids is 2. The number of imide groups is 1. The first-order valence-electron chi connectivity index (χ1n) is 11.2. The van der Waals surface area contributed by atoms with E-state index in [4.69, 9.17) is 0 Å². The molecule has 0 spiro atoms. The molecule has 2 amide bonds. The minimum atomic E-state index is -1.74. The first-order valence-corrected chi connectivity index (χ1v) is 11.2. The van der Waals surface area contributed by atoms with Crippen LogP contribution in [-0.4, -0.2) is 46.4 Å². The summed E-state index contributed by atoms with van der Waals surface area (Å²) in [6, 6.07) is 12.6. The molecule has 10 heteroatoms. The zero-order valence-corrected chi connectivity index (χ0v) is 18.3. The monoisotopic (exact) mass is 464 g/mol. The molecule has 3 heterocycles. The molecule has 10 nitrogen and oxygen atoms in total. The van der Waals surface area contributed by atoms with Crippen LogP contribution in [-0.2, 0) is 20.8 Å². The second kappa shape index (κ2) is 8.21. The number of hydrogen-bond donors (Lipinski definition) is 3. The Balaban J connectivity index is 1.50. The van der Waals surface area contributed by atoms with Crippen molar-refractivity contribution in [1.29, 1.82) is 0 Å². The van der Waals surface area contributed by atoms with E-state index in [2.05, 4.69) is 15.5 Å². The van der Waals surface area contributed by atoms with E-state index in [1.807, 2.05) is 24.3 Å². The molecule has 5 rings (SSSR count). The molecule has 0 bridgehead atoms. The third kappa shape index (κ3) is 3.50. The number of amides is 2. The van der Waals surface area contributed by atoms with Crippen LogP contribution >= 0.6 is 0 Å². The van der Waals surface area contributed by atoms with Crippen molar-refractivity contribution in [3.05, 3.63) is 69.8 Å². The molecule has 0 saturated carbocycles. The molecule has 176 valence electrons. The molecule has 3 N–H and O–H groups in total. The molecule has 3 aliphatic rings. The van der Waals surface area contributed by atoms with E-state index in [1.165, 1.54) is 24.3 Å². The summed E-state index contributed by atoms with van der Waals surface area (Å²) in [5.74, 6) is -4.36. The number of nitrogens with zero attached hydrogens (tertiary/aromatic N) is 2. The standard InChI is InChI=1S/C24H24N4O6/c29-21-18-19(22(30)25-21)24(23(31)32,13-14-3-7-17(8-4-14)28(33)34)26-20(18)15-5-9-16(10-6-15)27-11-1-2-12-27/h3-10,18-20,26H,1-2,11-13H2,(H,31,32)(H,25,29,30). The molecule has 4 unspecified atom stereocenters. The van der Waals surface area contributed by atoms with Crippen molar-refractivity contribution in [3.8, 4) is 0 Å². The number of aliphatic carboxylic acids is 1. The van der Waals surface area contributed by atoms with Crippen molar-refractivity contribution in [3.63, 3.8) is 0 Å². The maximum Gasteiger partial charge on any atom is 0.325 e. The Bertz CT molecular complexity index is 1160. The number of anilines is 1. The molecule has 3 aliphatic heterocycles. The maximum absolute atomic E-state index is 12.8. The van der Waals surface area contributed by atoms with Gasteiger partial charge in [0.25, 0.3) is 5.69 Å². The van der Waals surface area contributed by atoms with E-state index in [0.29, 0.717) is 5.56 Å². The fourth-order valence-electron chi connectivity index (χ4n) is 5.58. The Kier molecular flexibility index (Phi) is 5.32. The predicted molar refractivity (Wildman–Crippen MR) is 121 cm³/mol. The number of carboxylic acid groups (broad SMARTS) is 1. The molecule has 4 atom stereocenters. The lowest BCUT2D eigenvalue weighted by Crippen LogP contribution is -2.57. The number of carbonyl (C=O) groups is 3. The van der Waals surface area contributed by atoms with Crippen molar-refractivity contribution >= 4 is 29.2 Å². The third-order valence-electron chi connectivity index (χ3n) is 7.23. The largest absolute Gasteiger partial charge is 0.480 e. The van der Waals surface area contributed by atoms with Crippen LogP contribution in [0.4, 0.5) is 11.4 Å². The van der Waals surface area contributed by atoms with E-state index >= 15 is 0 Å². The molecule has 0 aromatic heterocycles. The van der Waals surface area contributed by atoms with Gasteiger partial charge >= 0.3 is 5.97 Å². The normalized spacial score (nSPS) is 28.1. The topological polar surface area (TPSA) is 142 Å². The van der Waals surface area contributed by atoms with Crippen molar-refractivity contribution in [2.75, 3.05) is 18.0 Å². The van der Waals surface area contributed by atoms with Crippen molar-refractivity contribution < 1.29 is 24.4 Å². The highest BCUT2D eigenvalue weighted by molar-refractivity contribution is 6.09. The highest BCUT2D eigenvalue weighted by atomic mass is 16.6. The summed E-state index contributed by atoms with van der Waals surface area (Å²) in [5.41, 5.74) is 0.453. The average molecular weight is 464 g/mol. The first-order chi connectivity index (χ1) is 16.3.